The van der Waals surface area contributed by atoms with Crippen LogP contribution in [0.3, 0.4) is 0 Å². The van der Waals surface area contributed by atoms with E-state index in [0.29, 0.717) is 5.02 Å². The predicted molar refractivity (Wildman–Crippen MR) is 54.3 cm³/mol. The lowest BCUT2D eigenvalue weighted by Crippen LogP contribution is -2.20. The van der Waals surface area contributed by atoms with Crippen molar-refractivity contribution in [3.05, 3.63) is 34.9 Å². The van der Waals surface area contributed by atoms with E-state index in [-0.39, 0.29) is 0 Å². The number of nitrogens with zero attached hydrogens (tertiary/aromatic N) is 1. The monoisotopic (exact) mass is 212 g/mol. The predicted octanol–water partition coefficient (Wildman–Crippen LogP) is 0.782. The second-order valence-electron chi connectivity index (χ2n) is 2.51. The molecule has 0 aliphatic rings. The minimum absolute atomic E-state index is 0.553. The van der Waals surface area contributed by atoms with Gasteiger partial charge in [0.15, 0.2) is 0 Å². The maximum Gasteiger partial charge on any atom is 0.265 e. The van der Waals surface area contributed by atoms with Gasteiger partial charge in [-0.3, -0.25) is 4.79 Å². The van der Waals surface area contributed by atoms with Crippen LogP contribution in [0, 0.1) is 0 Å². The number of benzene rings is 1. The summed E-state index contributed by atoms with van der Waals surface area (Å²) >= 11 is 5.72. The Kier molecular flexibility index (Phi) is 4.10. The van der Waals surface area contributed by atoms with E-state index in [2.05, 4.69) is 10.5 Å². The molecule has 1 rings (SSSR count). The SMILES string of the molecule is O=C(CO)N/N=C\c1cccc(Cl)c1. The Morgan fingerprint density at radius 1 is 1.64 bits per heavy atom. The first-order valence-electron chi connectivity index (χ1n) is 3.90. The van der Waals surface area contributed by atoms with E-state index in [1.807, 2.05) is 0 Å². The van der Waals surface area contributed by atoms with Gasteiger partial charge in [0.2, 0.25) is 0 Å². The Balaban J connectivity index is 2.56. The summed E-state index contributed by atoms with van der Waals surface area (Å²) in [7, 11) is 0. The fraction of sp³-hybridized carbons (Fsp3) is 0.111. The fourth-order valence-corrected chi connectivity index (χ4v) is 1.000. The zero-order valence-electron chi connectivity index (χ0n) is 7.27. The van der Waals surface area contributed by atoms with Gasteiger partial charge in [0.1, 0.15) is 6.61 Å². The molecule has 74 valence electrons. The lowest BCUT2D eigenvalue weighted by Gasteiger charge is -1.95. The number of amides is 1. The second kappa shape index (κ2) is 5.36. The molecule has 0 saturated heterocycles. The van der Waals surface area contributed by atoms with Crippen LogP contribution in [0.25, 0.3) is 0 Å². The molecule has 4 nitrogen and oxygen atoms in total. The van der Waals surface area contributed by atoms with Crippen LogP contribution >= 0.6 is 11.6 Å². The van der Waals surface area contributed by atoms with Crippen LogP contribution in [0.1, 0.15) is 5.56 Å². The average molecular weight is 213 g/mol. The zero-order valence-corrected chi connectivity index (χ0v) is 8.03. The maximum absolute atomic E-state index is 10.6. The van der Waals surface area contributed by atoms with Crippen LogP contribution in [0.5, 0.6) is 0 Å². The van der Waals surface area contributed by atoms with E-state index in [0.717, 1.165) is 5.56 Å². The van der Waals surface area contributed by atoms with Crippen LogP contribution in [0.2, 0.25) is 5.02 Å². The zero-order chi connectivity index (χ0) is 10.4. The van der Waals surface area contributed by atoms with Gasteiger partial charge in [-0.25, -0.2) is 5.43 Å². The van der Waals surface area contributed by atoms with Gasteiger partial charge in [-0.05, 0) is 17.7 Å². The van der Waals surface area contributed by atoms with E-state index < -0.39 is 12.5 Å². The summed E-state index contributed by atoms with van der Waals surface area (Å²) in [4.78, 5) is 10.6. The normalized spacial score (nSPS) is 10.4. The number of aliphatic hydroxyl groups is 1. The van der Waals surface area contributed by atoms with Gasteiger partial charge < -0.3 is 5.11 Å². The quantitative estimate of drug-likeness (QED) is 0.575. The van der Waals surface area contributed by atoms with Crippen molar-refractivity contribution in [2.75, 3.05) is 6.61 Å². The minimum Gasteiger partial charge on any atom is -0.386 e. The van der Waals surface area contributed by atoms with Crippen LogP contribution in [0.4, 0.5) is 0 Å². The Labute approximate surface area is 86.2 Å². The van der Waals surface area contributed by atoms with Crippen molar-refractivity contribution in [1.29, 1.82) is 0 Å². The molecule has 1 aromatic carbocycles. The lowest BCUT2D eigenvalue weighted by molar-refractivity contribution is -0.123. The van der Waals surface area contributed by atoms with Gasteiger partial charge in [0, 0.05) is 5.02 Å². The molecular weight excluding hydrogens is 204 g/mol. The first kappa shape index (κ1) is 10.7. The largest absolute Gasteiger partial charge is 0.386 e. The van der Waals surface area contributed by atoms with Gasteiger partial charge in [-0.15, -0.1) is 0 Å². The highest BCUT2D eigenvalue weighted by Gasteiger charge is 1.93. The standard InChI is InChI=1S/C9H9ClN2O2/c10-8-3-1-2-7(4-8)5-11-12-9(14)6-13/h1-5,13H,6H2,(H,12,14)/b11-5-. The average Bonchev–Trinajstić information content (AvgIpc) is 2.17. The van der Waals surface area contributed by atoms with Crippen molar-refractivity contribution in [1.82, 2.24) is 5.43 Å². The highest BCUT2D eigenvalue weighted by Crippen LogP contribution is 2.08. The number of halogens is 1. The number of hydrogen-bond donors (Lipinski definition) is 2. The molecular formula is C9H9ClN2O2. The highest BCUT2D eigenvalue weighted by atomic mass is 35.5. The summed E-state index contributed by atoms with van der Waals surface area (Å²) in [5.41, 5.74) is 2.91. The summed E-state index contributed by atoms with van der Waals surface area (Å²) in [5.74, 6) is -0.553. The van der Waals surface area contributed by atoms with Crippen molar-refractivity contribution in [2.45, 2.75) is 0 Å². The number of hydrogen-bond acceptors (Lipinski definition) is 3. The fourth-order valence-electron chi connectivity index (χ4n) is 0.801. The number of rotatable bonds is 3. The molecule has 0 aliphatic heterocycles. The van der Waals surface area contributed by atoms with Crippen LogP contribution in [-0.4, -0.2) is 23.8 Å². The summed E-state index contributed by atoms with van der Waals surface area (Å²) in [6.45, 7) is -0.577. The molecule has 0 radical (unpaired) electrons. The number of nitrogens with one attached hydrogen (secondary N) is 1. The van der Waals surface area contributed by atoms with E-state index in [1.54, 1.807) is 24.3 Å². The molecule has 0 unspecified atom stereocenters. The molecule has 1 amide bonds. The molecule has 0 saturated carbocycles. The summed E-state index contributed by atoms with van der Waals surface area (Å²) in [6, 6.07) is 7.01. The first-order chi connectivity index (χ1) is 6.72. The maximum atomic E-state index is 10.6. The second-order valence-corrected chi connectivity index (χ2v) is 2.94. The van der Waals surface area contributed by atoms with E-state index in [1.165, 1.54) is 6.21 Å². The molecule has 0 aliphatic carbocycles. The van der Waals surface area contributed by atoms with Crippen LogP contribution in [0.15, 0.2) is 29.4 Å². The van der Waals surface area contributed by atoms with E-state index in [4.69, 9.17) is 16.7 Å². The lowest BCUT2D eigenvalue weighted by atomic mass is 10.2. The molecule has 1 aromatic rings. The topological polar surface area (TPSA) is 61.7 Å². The highest BCUT2D eigenvalue weighted by molar-refractivity contribution is 6.30. The van der Waals surface area contributed by atoms with Crippen LogP contribution < -0.4 is 5.43 Å². The smallest absolute Gasteiger partial charge is 0.265 e. The number of carbonyl (C=O) groups excluding carboxylic acids is 1. The minimum atomic E-state index is -0.577. The van der Waals surface area contributed by atoms with Gasteiger partial charge in [-0.1, -0.05) is 23.7 Å². The molecule has 0 fully saturated rings. The van der Waals surface area contributed by atoms with Crippen molar-refractivity contribution in [2.24, 2.45) is 5.10 Å². The summed E-state index contributed by atoms with van der Waals surface area (Å²) < 4.78 is 0. The Morgan fingerprint density at radius 2 is 2.43 bits per heavy atom. The molecule has 0 atom stereocenters. The summed E-state index contributed by atoms with van der Waals surface area (Å²) in [6.07, 6.45) is 1.44. The molecule has 5 heteroatoms. The molecule has 14 heavy (non-hydrogen) atoms. The Morgan fingerprint density at radius 3 is 3.07 bits per heavy atom. The van der Waals surface area contributed by atoms with Gasteiger partial charge >= 0.3 is 0 Å². The molecule has 0 spiro atoms. The van der Waals surface area contributed by atoms with Crippen molar-refractivity contribution < 1.29 is 9.90 Å². The number of aliphatic hydroxyl groups excluding tert-OH is 1. The van der Waals surface area contributed by atoms with Gasteiger partial charge in [-0.2, -0.15) is 5.10 Å². The Bertz CT molecular complexity index is 352. The van der Waals surface area contributed by atoms with Crippen molar-refractivity contribution in [3.63, 3.8) is 0 Å². The third-order valence-electron chi connectivity index (χ3n) is 1.40. The molecule has 0 aromatic heterocycles. The molecule has 0 bridgehead atoms. The van der Waals surface area contributed by atoms with Gasteiger partial charge in [0.05, 0.1) is 6.21 Å². The van der Waals surface area contributed by atoms with E-state index >= 15 is 0 Å². The van der Waals surface area contributed by atoms with Gasteiger partial charge in [0.25, 0.3) is 5.91 Å². The Hall–Kier alpha value is -1.39. The first-order valence-corrected chi connectivity index (χ1v) is 4.28. The van der Waals surface area contributed by atoms with Crippen LogP contribution in [-0.2, 0) is 4.79 Å². The third kappa shape index (κ3) is 3.55. The van der Waals surface area contributed by atoms with E-state index in [9.17, 15) is 4.79 Å². The third-order valence-corrected chi connectivity index (χ3v) is 1.63. The van der Waals surface area contributed by atoms with Crippen molar-refractivity contribution in [3.8, 4) is 0 Å². The number of hydrazone groups is 1. The molecule has 2 N–H and O–H groups in total. The summed E-state index contributed by atoms with van der Waals surface area (Å²) in [5, 5.41) is 12.6. The van der Waals surface area contributed by atoms with Crippen molar-refractivity contribution >= 4 is 23.7 Å². The molecule has 0 heterocycles. The number of carbonyl (C=O) groups is 1.